The summed E-state index contributed by atoms with van der Waals surface area (Å²) in [4.78, 5) is 6.86. The van der Waals surface area contributed by atoms with E-state index in [1.165, 1.54) is 0 Å². The first-order valence-corrected chi connectivity index (χ1v) is 10.9. The highest BCUT2D eigenvalue weighted by Crippen LogP contribution is 2.28. The molecule has 0 radical (unpaired) electrons. The lowest BCUT2D eigenvalue weighted by atomic mass is 10.1. The van der Waals surface area contributed by atoms with Gasteiger partial charge >= 0.3 is 15.5 Å². The van der Waals surface area contributed by atoms with Crippen molar-refractivity contribution in [3.8, 4) is 0 Å². The molecule has 0 bridgehead atoms. The summed E-state index contributed by atoms with van der Waals surface area (Å²) >= 11 is 0. The zero-order valence-electron chi connectivity index (χ0n) is 16.5. The zero-order chi connectivity index (χ0) is 20.7. The molecule has 160 valence electrons. The van der Waals surface area contributed by atoms with E-state index < -0.39 is 15.5 Å². The Kier molecular flexibility index (Phi) is 9.29. The Morgan fingerprint density at radius 2 is 1.78 bits per heavy atom. The van der Waals surface area contributed by atoms with E-state index in [0.29, 0.717) is 36.2 Å². The largest absolute Gasteiger partial charge is 0.511 e. The van der Waals surface area contributed by atoms with Crippen LogP contribution in [-0.4, -0.2) is 80.4 Å². The minimum absolute atomic E-state index is 0.119. The van der Waals surface area contributed by atoms with Gasteiger partial charge in [-0.2, -0.15) is 17.5 Å². The molecular formula is C16H32F3N5O2S. The number of rotatable bonds is 8. The van der Waals surface area contributed by atoms with Crippen molar-refractivity contribution in [2.24, 2.45) is 4.99 Å². The molecule has 1 heterocycles. The number of nitrogens with zero attached hydrogens (tertiary/aromatic N) is 3. The van der Waals surface area contributed by atoms with E-state index in [9.17, 15) is 21.6 Å². The van der Waals surface area contributed by atoms with Crippen LogP contribution in [0.15, 0.2) is 4.99 Å². The zero-order valence-corrected chi connectivity index (χ0v) is 17.3. The summed E-state index contributed by atoms with van der Waals surface area (Å²) < 4.78 is 61.4. The fourth-order valence-corrected chi connectivity index (χ4v) is 4.07. The van der Waals surface area contributed by atoms with Crippen molar-refractivity contribution in [2.75, 3.05) is 39.3 Å². The number of alkyl halides is 3. The number of likely N-dealkylation sites (N-methyl/N-ethyl adjacent to an activating group) is 1. The fraction of sp³-hybridized carbons (Fsp3) is 0.938. The highest BCUT2D eigenvalue weighted by atomic mass is 32.2. The van der Waals surface area contributed by atoms with Crippen molar-refractivity contribution >= 4 is 16.0 Å². The first kappa shape index (κ1) is 24.0. The number of halogens is 3. The molecule has 0 aromatic rings. The van der Waals surface area contributed by atoms with E-state index in [0.717, 1.165) is 13.1 Å². The molecule has 11 heteroatoms. The van der Waals surface area contributed by atoms with Gasteiger partial charge in [0.25, 0.3) is 0 Å². The van der Waals surface area contributed by atoms with Gasteiger partial charge in [0.2, 0.25) is 0 Å². The van der Waals surface area contributed by atoms with Gasteiger partial charge in [-0.25, -0.2) is 8.42 Å². The van der Waals surface area contributed by atoms with Crippen LogP contribution in [-0.2, 0) is 10.0 Å². The van der Waals surface area contributed by atoms with Gasteiger partial charge in [-0.15, -0.1) is 0 Å². The van der Waals surface area contributed by atoms with Crippen LogP contribution < -0.4 is 10.6 Å². The van der Waals surface area contributed by atoms with E-state index in [4.69, 9.17) is 0 Å². The third kappa shape index (κ3) is 6.79. The highest BCUT2D eigenvalue weighted by Gasteiger charge is 2.50. The molecule has 0 aromatic carbocycles. The number of sulfonamides is 1. The summed E-state index contributed by atoms with van der Waals surface area (Å²) in [6.07, 6.45) is 0.594. The van der Waals surface area contributed by atoms with Crippen LogP contribution >= 0.6 is 0 Å². The molecule has 2 N–H and O–H groups in total. The Balaban J connectivity index is 2.64. The Labute approximate surface area is 160 Å². The quantitative estimate of drug-likeness (QED) is 0.465. The van der Waals surface area contributed by atoms with Crippen molar-refractivity contribution in [3.05, 3.63) is 0 Å². The molecule has 0 saturated carbocycles. The average Bonchev–Trinajstić information content (AvgIpc) is 2.60. The molecule has 0 aromatic heterocycles. The second kappa shape index (κ2) is 10.5. The Hall–Kier alpha value is -1.07. The number of piperidine rings is 1. The number of aliphatic imine (C=N–C) groups is 1. The summed E-state index contributed by atoms with van der Waals surface area (Å²) in [5.74, 6) is 0.605. The van der Waals surface area contributed by atoms with Gasteiger partial charge in [0.15, 0.2) is 5.96 Å². The van der Waals surface area contributed by atoms with Gasteiger partial charge < -0.3 is 10.6 Å². The molecule has 0 amide bonds. The molecule has 7 nitrogen and oxygen atoms in total. The SMILES string of the molecule is CCNC(=NCC(C)N(CC)CC)NC1CCN(S(=O)(=O)C(F)(F)F)CC1. The van der Waals surface area contributed by atoms with E-state index in [1.54, 1.807) is 0 Å². The van der Waals surface area contributed by atoms with Crippen LogP contribution in [0, 0.1) is 0 Å². The van der Waals surface area contributed by atoms with Gasteiger partial charge in [0, 0.05) is 31.7 Å². The summed E-state index contributed by atoms with van der Waals surface area (Å²) in [5, 5.41) is 6.35. The maximum atomic E-state index is 12.6. The van der Waals surface area contributed by atoms with Crippen molar-refractivity contribution in [2.45, 2.75) is 58.1 Å². The van der Waals surface area contributed by atoms with E-state index in [1.807, 2.05) is 6.92 Å². The highest BCUT2D eigenvalue weighted by molar-refractivity contribution is 7.90. The molecule has 1 aliphatic rings. The molecule has 1 aliphatic heterocycles. The molecule has 1 fully saturated rings. The number of guanidine groups is 1. The lowest BCUT2D eigenvalue weighted by Crippen LogP contribution is -2.51. The number of nitrogens with one attached hydrogen (secondary N) is 2. The van der Waals surface area contributed by atoms with Crippen molar-refractivity contribution in [1.29, 1.82) is 0 Å². The minimum atomic E-state index is -5.25. The van der Waals surface area contributed by atoms with Gasteiger partial charge in [-0.1, -0.05) is 13.8 Å². The van der Waals surface area contributed by atoms with Crippen LogP contribution in [0.5, 0.6) is 0 Å². The van der Waals surface area contributed by atoms with E-state index in [2.05, 4.69) is 41.3 Å². The standard InChI is InChI=1S/C16H32F3N5O2S/c1-5-20-15(21-12-13(4)23(6-2)7-3)22-14-8-10-24(11-9-14)27(25,26)16(17,18)19/h13-14H,5-12H2,1-4H3,(H2,20,21,22). The van der Waals surface area contributed by atoms with Crippen molar-refractivity contribution in [3.63, 3.8) is 0 Å². The van der Waals surface area contributed by atoms with Gasteiger partial charge in [-0.3, -0.25) is 9.89 Å². The van der Waals surface area contributed by atoms with Crippen molar-refractivity contribution < 1.29 is 21.6 Å². The molecule has 1 unspecified atom stereocenters. The summed E-state index contributed by atoms with van der Waals surface area (Å²) in [6.45, 7) is 11.0. The molecule has 1 rings (SSSR count). The monoisotopic (exact) mass is 415 g/mol. The Morgan fingerprint density at radius 1 is 1.22 bits per heavy atom. The second-order valence-corrected chi connectivity index (χ2v) is 8.49. The summed E-state index contributed by atoms with van der Waals surface area (Å²) in [6, 6.07) is 0.153. The fourth-order valence-electron chi connectivity index (χ4n) is 3.09. The van der Waals surface area contributed by atoms with Crippen LogP contribution in [0.4, 0.5) is 13.2 Å². The van der Waals surface area contributed by atoms with E-state index in [-0.39, 0.29) is 25.2 Å². The van der Waals surface area contributed by atoms with Crippen LogP contribution in [0.3, 0.4) is 0 Å². The van der Waals surface area contributed by atoms with Crippen LogP contribution in [0.25, 0.3) is 0 Å². The Bertz CT molecular complexity index is 571. The normalized spacial score (nSPS) is 19.3. The third-order valence-electron chi connectivity index (χ3n) is 4.72. The van der Waals surface area contributed by atoms with Gasteiger partial charge in [-0.05, 0) is 39.8 Å². The predicted molar refractivity (Wildman–Crippen MR) is 101 cm³/mol. The summed E-state index contributed by atoms with van der Waals surface area (Å²) in [7, 11) is -5.24. The number of hydrogen-bond donors (Lipinski definition) is 2. The third-order valence-corrected chi connectivity index (χ3v) is 6.35. The second-order valence-electron chi connectivity index (χ2n) is 6.56. The first-order chi connectivity index (χ1) is 12.6. The maximum Gasteiger partial charge on any atom is 0.511 e. The molecule has 0 aliphatic carbocycles. The van der Waals surface area contributed by atoms with Crippen LogP contribution in [0.2, 0.25) is 0 Å². The topological polar surface area (TPSA) is 77.0 Å². The Morgan fingerprint density at radius 3 is 2.22 bits per heavy atom. The van der Waals surface area contributed by atoms with Gasteiger partial charge in [0.1, 0.15) is 0 Å². The lowest BCUT2D eigenvalue weighted by molar-refractivity contribution is -0.0494. The summed E-state index contributed by atoms with van der Waals surface area (Å²) in [5.41, 5.74) is -5.25. The van der Waals surface area contributed by atoms with Crippen LogP contribution in [0.1, 0.15) is 40.5 Å². The number of hydrogen-bond acceptors (Lipinski definition) is 4. The smallest absolute Gasteiger partial charge is 0.357 e. The lowest BCUT2D eigenvalue weighted by Gasteiger charge is -2.32. The molecule has 0 spiro atoms. The molecular weight excluding hydrogens is 383 g/mol. The van der Waals surface area contributed by atoms with E-state index >= 15 is 0 Å². The maximum absolute atomic E-state index is 12.6. The minimum Gasteiger partial charge on any atom is -0.357 e. The molecule has 1 saturated heterocycles. The van der Waals surface area contributed by atoms with Gasteiger partial charge in [0.05, 0.1) is 6.54 Å². The average molecular weight is 416 g/mol. The first-order valence-electron chi connectivity index (χ1n) is 9.42. The molecule has 1 atom stereocenters. The van der Waals surface area contributed by atoms with Crippen molar-refractivity contribution in [1.82, 2.24) is 19.8 Å². The molecule has 27 heavy (non-hydrogen) atoms. The predicted octanol–water partition coefficient (Wildman–Crippen LogP) is 1.59.